The normalized spacial score (nSPS) is 16.9. The Morgan fingerprint density at radius 1 is 1.07 bits per heavy atom. The molecule has 1 aliphatic rings. The zero-order chi connectivity index (χ0) is 31.4. The number of sulfonamides is 1. The minimum atomic E-state index is -4.03. The molecule has 43 heavy (non-hydrogen) atoms. The summed E-state index contributed by atoms with van der Waals surface area (Å²) in [7, 11) is 0.505. The van der Waals surface area contributed by atoms with E-state index >= 15 is 0 Å². The van der Waals surface area contributed by atoms with E-state index in [0.717, 1.165) is 12.0 Å². The summed E-state index contributed by atoms with van der Waals surface area (Å²) < 4.78 is 50.4. The van der Waals surface area contributed by atoms with Crippen molar-refractivity contribution in [2.24, 2.45) is 5.92 Å². The van der Waals surface area contributed by atoms with Gasteiger partial charge >= 0.3 is 0 Å². The van der Waals surface area contributed by atoms with E-state index in [1.54, 1.807) is 13.2 Å². The fourth-order valence-corrected chi connectivity index (χ4v) is 6.78. The Morgan fingerprint density at radius 2 is 1.79 bits per heavy atom. The third-order valence-corrected chi connectivity index (χ3v) is 9.24. The van der Waals surface area contributed by atoms with Gasteiger partial charge in [-0.25, -0.2) is 8.42 Å². The van der Waals surface area contributed by atoms with Crippen LogP contribution in [0.3, 0.4) is 0 Å². The van der Waals surface area contributed by atoms with E-state index in [1.807, 2.05) is 49.1 Å². The molecule has 3 rings (SSSR count). The average molecular weight is 622 g/mol. The fourth-order valence-electron chi connectivity index (χ4n) is 5.14. The third kappa shape index (κ3) is 10.2. The number of nitrogens with zero attached hydrogens (tertiary/aromatic N) is 2. The van der Waals surface area contributed by atoms with E-state index in [0.29, 0.717) is 38.5 Å². The van der Waals surface area contributed by atoms with Crippen molar-refractivity contribution in [2.75, 3.05) is 67.3 Å². The molecule has 0 unspecified atom stereocenters. The lowest BCUT2D eigenvalue weighted by Crippen LogP contribution is -2.53. The molecule has 1 amide bonds. The van der Waals surface area contributed by atoms with Crippen LogP contribution in [0.25, 0.3) is 0 Å². The standard InChI is InChI=1S/C31H47N3O8S/c1-23(2)19-34(43(37,38)26-11-12-29(40-4)30(18-26)41-5)20-28(35)27(17-24-9-7-6-8-10-24)32-31(36)21-33(14-16-39-3)25-13-15-42-22-25/h6-12,18,23,25,27-28,35H,13-17,19-22H2,1-5H3,(H,32,36)/t25-,27-,28+/m0/s1. The topological polar surface area (TPSA) is 127 Å². The van der Waals surface area contributed by atoms with Crippen LogP contribution in [0.15, 0.2) is 53.4 Å². The van der Waals surface area contributed by atoms with Gasteiger partial charge in [-0.15, -0.1) is 0 Å². The number of carbonyl (C=O) groups excluding carboxylic acids is 1. The molecule has 1 heterocycles. The Balaban J connectivity index is 1.85. The molecule has 0 aromatic heterocycles. The Kier molecular flexibility index (Phi) is 13.7. The predicted octanol–water partition coefficient (Wildman–Crippen LogP) is 2.18. The second-order valence-electron chi connectivity index (χ2n) is 11.1. The molecule has 1 fully saturated rings. The zero-order valence-corrected chi connectivity index (χ0v) is 26.7. The second kappa shape index (κ2) is 16.9. The molecule has 0 spiro atoms. The van der Waals surface area contributed by atoms with Crippen LogP contribution in [0, 0.1) is 5.92 Å². The highest BCUT2D eigenvalue weighted by Gasteiger charge is 2.33. The minimum Gasteiger partial charge on any atom is -0.493 e. The molecular formula is C31H47N3O8S. The van der Waals surface area contributed by atoms with Crippen LogP contribution in [0.5, 0.6) is 11.5 Å². The number of benzene rings is 2. The number of carbonyl (C=O) groups is 1. The van der Waals surface area contributed by atoms with Gasteiger partial charge in [0.15, 0.2) is 11.5 Å². The molecule has 3 atom stereocenters. The SMILES string of the molecule is COCCN(CC(=O)N[C@@H](Cc1ccccc1)[C@H](O)CN(CC(C)C)S(=O)(=O)c1ccc(OC)c(OC)c1)[C@H]1CCOC1. The van der Waals surface area contributed by atoms with Gasteiger partial charge in [-0.1, -0.05) is 44.2 Å². The molecule has 11 nitrogen and oxygen atoms in total. The summed E-state index contributed by atoms with van der Waals surface area (Å²) in [4.78, 5) is 15.4. The van der Waals surface area contributed by atoms with E-state index in [9.17, 15) is 18.3 Å². The summed E-state index contributed by atoms with van der Waals surface area (Å²) in [5.41, 5.74) is 0.908. The Morgan fingerprint density at radius 3 is 2.40 bits per heavy atom. The van der Waals surface area contributed by atoms with Crippen LogP contribution in [-0.2, 0) is 30.7 Å². The first kappa shape index (κ1) is 34.7. The second-order valence-corrected chi connectivity index (χ2v) is 13.1. The van der Waals surface area contributed by atoms with Crippen LogP contribution < -0.4 is 14.8 Å². The summed E-state index contributed by atoms with van der Waals surface area (Å²) in [6.45, 7) is 6.12. The van der Waals surface area contributed by atoms with Crippen molar-refractivity contribution >= 4 is 15.9 Å². The smallest absolute Gasteiger partial charge is 0.243 e. The number of aliphatic hydroxyl groups excluding tert-OH is 1. The first-order chi connectivity index (χ1) is 20.6. The van der Waals surface area contributed by atoms with Crippen molar-refractivity contribution in [3.05, 3.63) is 54.1 Å². The van der Waals surface area contributed by atoms with Crippen LogP contribution >= 0.6 is 0 Å². The van der Waals surface area contributed by atoms with Crippen LogP contribution in [0.4, 0.5) is 0 Å². The third-order valence-electron chi connectivity index (χ3n) is 7.41. The number of ether oxygens (including phenoxy) is 4. The number of aliphatic hydroxyl groups is 1. The van der Waals surface area contributed by atoms with E-state index < -0.39 is 22.2 Å². The number of hydrogen-bond donors (Lipinski definition) is 2. The van der Waals surface area contributed by atoms with E-state index in [2.05, 4.69) is 5.32 Å². The molecule has 12 heteroatoms. The molecule has 2 aromatic rings. The van der Waals surface area contributed by atoms with Crippen LogP contribution in [-0.4, -0.2) is 114 Å². The first-order valence-electron chi connectivity index (χ1n) is 14.6. The van der Waals surface area contributed by atoms with E-state index in [-0.39, 0.29) is 48.1 Å². The highest BCUT2D eigenvalue weighted by Crippen LogP contribution is 2.31. The molecule has 0 aliphatic carbocycles. The monoisotopic (exact) mass is 621 g/mol. The molecule has 1 saturated heterocycles. The summed E-state index contributed by atoms with van der Waals surface area (Å²) in [6.07, 6.45) is -0.0461. The number of rotatable bonds is 18. The maximum atomic E-state index is 13.9. The van der Waals surface area contributed by atoms with Gasteiger partial charge in [0.05, 0.1) is 51.0 Å². The Hall–Kier alpha value is -2.74. The van der Waals surface area contributed by atoms with Crippen molar-refractivity contribution in [3.8, 4) is 11.5 Å². The summed E-state index contributed by atoms with van der Waals surface area (Å²) in [5, 5.41) is 14.6. The quantitative estimate of drug-likeness (QED) is 0.258. The average Bonchev–Trinajstić information content (AvgIpc) is 3.53. The summed E-state index contributed by atoms with van der Waals surface area (Å²) in [6, 6.07) is 13.3. The van der Waals surface area contributed by atoms with Gasteiger partial charge in [0, 0.05) is 45.5 Å². The lowest BCUT2D eigenvalue weighted by molar-refractivity contribution is -0.124. The largest absolute Gasteiger partial charge is 0.493 e. The van der Waals surface area contributed by atoms with Crippen LogP contribution in [0.1, 0.15) is 25.8 Å². The minimum absolute atomic E-state index is 0.0211. The van der Waals surface area contributed by atoms with Gasteiger partial charge in [-0.2, -0.15) is 4.31 Å². The van der Waals surface area contributed by atoms with Crippen molar-refractivity contribution in [2.45, 2.75) is 49.8 Å². The van der Waals surface area contributed by atoms with Crippen LogP contribution in [0.2, 0.25) is 0 Å². The van der Waals surface area contributed by atoms with Crippen molar-refractivity contribution in [1.29, 1.82) is 0 Å². The maximum absolute atomic E-state index is 13.9. The molecule has 0 radical (unpaired) electrons. The first-order valence-corrected chi connectivity index (χ1v) is 16.1. The van der Waals surface area contributed by atoms with Crippen molar-refractivity contribution in [1.82, 2.24) is 14.5 Å². The maximum Gasteiger partial charge on any atom is 0.243 e. The number of hydrogen-bond acceptors (Lipinski definition) is 9. The number of nitrogens with one attached hydrogen (secondary N) is 1. The zero-order valence-electron chi connectivity index (χ0n) is 25.9. The molecule has 2 aromatic carbocycles. The van der Waals surface area contributed by atoms with Gasteiger partial charge in [0.25, 0.3) is 0 Å². The predicted molar refractivity (Wildman–Crippen MR) is 164 cm³/mol. The Bertz CT molecular complexity index is 1240. The highest BCUT2D eigenvalue weighted by atomic mass is 32.2. The Labute approximate surface area is 256 Å². The molecule has 2 N–H and O–H groups in total. The van der Waals surface area contributed by atoms with Crippen molar-refractivity contribution in [3.63, 3.8) is 0 Å². The van der Waals surface area contributed by atoms with Gasteiger partial charge in [-0.05, 0) is 36.5 Å². The van der Waals surface area contributed by atoms with E-state index in [1.165, 1.54) is 30.7 Å². The highest BCUT2D eigenvalue weighted by molar-refractivity contribution is 7.89. The number of amides is 1. The lowest BCUT2D eigenvalue weighted by Gasteiger charge is -2.32. The number of methoxy groups -OCH3 is 3. The molecule has 240 valence electrons. The van der Waals surface area contributed by atoms with Gasteiger partial charge < -0.3 is 29.4 Å². The fraction of sp³-hybridized carbons (Fsp3) is 0.581. The summed E-state index contributed by atoms with van der Waals surface area (Å²) in [5.74, 6) is 0.410. The van der Waals surface area contributed by atoms with Gasteiger partial charge in [0.2, 0.25) is 15.9 Å². The van der Waals surface area contributed by atoms with Crippen molar-refractivity contribution < 1.29 is 37.3 Å². The molecular weight excluding hydrogens is 574 g/mol. The molecule has 1 aliphatic heterocycles. The van der Waals surface area contributed by atoms with Gasteiger partial charge in [-0.3, -0.25) is 9.69 Å². The summed E-state index contributed by atoms with van der Waals surface area (Å²) >= 11 is 0. The lowest BCUT2D eigenvalue weighted by atomic mass is 10.0. The molecule has 0 saturated carbocycles. The van der Waals surface area contributed by atoms with Gasteiger partial charge in [0.1, 0.15) is 0 Å². The van der Waals surface area contributed by atoms with E-state index in [4.69, 9.17) is 18.9 Å². The molecule has 0 bridgehead atoms.